The van der Waals surface area contributed by atoms with E-state index in [-0.39, 0.29) is 43.1 Å². The van der Waals surface area contributed by atoms with Crippen LogP contribution in [0, 0.1) is 5.82 Å². The molecule has 2 amide bonds. The maximum Gasteiger partial charge on any atom is 0.264 e. The Kier molecular flexibility index (Phi) is 5.67. The highest BCUT2D eigenvalue weighted by molar-refractivity contribution is 6.04. The van der Waals surface area contributed by atoms with Gasteiger partial charge in [-0.1, -0.05) is 17.3 Å². The lowest BCUT2D eigenvalue weighted by atomic mass is 10.0. The van der Waals surface area contributed by atoms with Crippen LogP contribution in [0.5, 0.6) is 0 Å². The van der Waals surface area contributed by atoms with Crippen LogP contribution in [0.25, 0.3) is 0 Å². The van der Waals surface area contributed by atoms with E-state index < -0.39 is 6.10 Å². The summed E-state index contributed by atoms with van der Waals surface area (Å²) in [5.41, 5.74) is 1.12. The van der Waals surface area contributed by atoms with Gasteiger partial charge in [0.25, 0.3) is 5.91 Å². The van der Waals surface area contributed by atoms with Crippen molar-refractivity contribution in [3.05, 3.63) is 35.6 Å². The molecular formula is C16H20FN3O3. The van der Waals surface area contributed by atoms with Crippen molar-refractivity contribution in [1.82, 2.24) is 10.6 Å². The maximum absolute atomic E-state index is 13.2. The fourth-order valence-corrected chi connectivity index (χ4v) is 2.16. The van der Waals surface area contributed by atoms with Crippen LogP contribution in [-0.2, 0) is 14.4 Å². The number of amides is 2. The third-order valence-electron chi connectivity index (χ3n) is 3.22. The van der Waals surface area contributed by atoms with Crippen molar-refractivity contribution in [2.24, 2.45) is 5.16 Å². The summed E-state index contributed by atoms with van der Waals surface area (Å²) < 4.78 is 13.2. The zero-order valence-electron chi connectivity index (χ0n) is 13.1. The molecule has 1 aliphatic heterocycles. The molecule has 124 valence electrons. The van der Waals surface area contributed by atoms with Crippen LogP contribution in [0.1, 0.15) is 32.3 Å². The van der Waals surface area contributed by atoms with Crippen LogP contribution < -0.4 is 10.6 Å². The Morgan fingerprint density at radius 2 is 2.22 bits per heavy atom. The van der Waals surface area contributed by atoms with E-state index in [2.05, 4.69) is 15.8 Å². The van der Waals surface area contributed by atoms with Crippen LogP contribution >= 0.6 is 0 Å². The summed E-state index contributed by atoms with van der Waals surface area (Å²) in [6.45, 7) is 3.97. The van der Waals surface area contributed by atoms with Crippen LogP contribution in [0.2, 0.25) is 0 Å². The number of benzene rings is 1. The van der Waals surface area contributed by atoms with Gasteiger partial charge < -0.3 is 15.5 Å². The number of rotatable bonds is 6. The lowest BCUT2D eigenvalue weighted by Gasteiger charge is -2.11. The summed E-state index contributed by atoms with van der Waals surface area (Å²) in [5.74, 6) is -0.823. The quantitative estimate of drug-likeness (QED) is 0.830. The monoisotopic (exact) mass is 321 g/mol. The highest BCUT2D eigenvalue weighted by Gasteiger charge is 2.28. The molecule has 1 aromatic rings. The van der Waals surface area contributed by atoms with Crippen molar-refractivity contribution in [3.63, 3.8) is 0 Å². The summed E-state index contributed by atoms with van der Waals surface area (Å²) >= 11 is 0. The second kappa shape index (κ2) is 7.71. The van der Waals surface area contributed by atoms with E-state index in [0.717, 1.165) is 0 Å². The van der Waals surface area contributed by atoms with Crippen molar-refractivity contribution in [2.75, 3.05) is 6.54 Å². The minimum absolute atomic E-state index is 0.0681. The normalized spacial score (nSPS) is 16.7. The summed E-state index contributed by atoms with van der Waals surface area (Å²) in [6.07, 6.45) is -0.275. The predicted octanol–water partition coefficient (Wildman–Crippen LogP) is 1.35. The highest BCUT2D eigenvalue weighted by atomic mass is 19.1. The van der Waals surface area contributed by atoms with Gasteiger partial charge >= 0.3 is 0 Å². The third kappa shape index (κ3) is 5.05. The molecule has 0 saturated heterocycles. The fourth-order valence-electron chi connectivity index (χ4n) is 2.16. The van der Waals surface area contributed by atoms with Crippen molar-refractivity contribution in [3.8, 4) is 0 Å². The largest absolute Gasteiger partial charge is 0.382 e. The molecule has 1 atom stereocenters. The summed E-state index contributed by atoms with van der Waals surface area (Å²) in [4.78, 5) is 28.5. The molecule has 1 unspecified atom stereocenters. The first-order valence-electron chi connectivity index (χ1n) is 7.51. The molecule has 1 heterocycles. The molecule has 0 aromatic heterocycles. The van der Waals surface area contributed by atoms with Gasteiger partial charge in [-0.25, -0.2) is 4.39 Å². The van der Waals surface area contributed by atoms with Crippen LogP contribution in [0.15, 0.2) is 29.4 Å². The number of oxime groups is 1. The Bertz CT molecular complexity index is 616. The molecule has 0 spiro atoms. The molecule has 2 N–H and O–H groups in total. The van der Waals surface area contributed by atoms with E-state index in [9.17, 15) is 14.0 Å². The molecule has 6 nitrogen and oxygen atoms in total. The summed E-state index contributed by atoms with van der Waals surface area (Å²) in [6, 6.07) is 6.04. The van der Waals surface area contributed by atoms with Crippen LogP contribution in [0.3, 0.4) is 0 Å². The van der Waals surface area contributed by atoms with E-state index in [1.165, 1.54) is 12.1 Å². The first kappa shape index (κ1) is 16.9. The second-order valence-electron chi connectivity index (χ2n) is 5.61. The Morgan fingerprint density at radius 3 is 2.91 bits per heavy atom. The van der Waals surface area contributed by atoms with Gasteiger partial charge in [0.15, 0.2) is 0 Å². The molecule has 1 aromatic carbocycles. The van der Waals surface area contributed by atoms with Gasteiger partial charge in [-0.15, -0.1) is 0 Å². The first-order chi connectivity index (χ1) is 11.0. The fraction of sp³-hybridized carbons (Fsp3) is 0.438. The number of hydrogen-bond acceptors (Lipinski definition) is 4. The summed E-state index contributed by atoms with van der Waals surface area (Å²) in [7, 11) is 0. The van der Waals surface area contributed by atoms with Gasteiger partial charge in [-0.3, -0.25) is 9.59 Å². The van der Waals surface area contributed by atoms with E-state index in [1.807, 2.05) is 13.8 Å². The van der Waals surface area contributed by atoms with Gasteiger partial charge in [0.1, 0.15) is 5.82 Å². The molecule has 2 rings (SSSR count). The minimum atomic E-state index is -0.749. The van der Waals surface area contributed by atoms with Gasteiger partial charge in [-0.2, -0.15) is 0 Å². The number of nitrogens with one attached hydrogen (secondary N) is 2. The standard InChI is InChI=1S/C16H20FN3O3/c1-10(2)19-15(21)6-7-18-16(22)14-9-13(20-23-14)11-4-3-5-12(17)8-11/h3-5,8,10,14H,6-7,9H2,1-2H3,(H,18,22)(H,19,21). The maximum atomic E-state index is 13.2. The van der Waals surface area contributed by atoms with E-state index >= 15 is 0 Å². The molecular weight excluding hydrogens is 301 g/mol. The minimum Gasteiger partial charge on any atom is -0.382 e. The molecule has 23 heavy (non-hydrogen) atoms. The van der Waals surface area contributed by atoms with Crippen molar-refractivity contribution in [1.29, 1.82) is 0 Å². The van der Waals surface area contributed by atoms with Crippen LogP contribution in [-0.4, -0.2) is 36.2 Å². The Morgan fingerprint density at radius 1 is 1.43 bits per heavy atom. The van der Waals surface area contributed by atoms with Gasteiger partial charge in [0, 0.05) is 31.0 Å². The zero-order valence-corrected chi connectivity index (χ0v) is 13.1. The van der Waals surface area contributed by atoms with E-state index in [4.69, 9.17) is 4.84 Å². The number of carbonyl (C=O) groups is 2. The average Bonchev–Trinajstić information content (AvgIpc) is 2.96. The van der Waals surface area contributed by atoms with Gasteiger partial charge in [0.05, 0.1) is 5.71 Å². The van der Waals surface area contributed by atoms with Crippen molar-refractivity contribution >= 4 is 17.5 Å². The van der Waals surface area contributed by atoms with Crippen LogP contribution in [0.4, 0.5) is 4.39 Å². The highest BCUT2D eigenvalue weighted by Crippen LogP contribution is 2.17. The lowest BCUT2D eigenvalue weighted by molar-refractivity contribution is -0.131. The topological polar surface area (TPSA) is 79.8 Å². The molecule has 0 saturated carbocycles. The van der Waals surface area contributed by atoms with Crippen molar-refractivity contribution < 1.29 is 18.8 Å². The lowest BCUT2D eigenvalue weighted by Crippen LogP contribution is -2.38. The van der Waals surface area contributed by atoms with E-state index in [0.29, 0.717) is 11.3 Å². The van der Waals surface area contributed by atoms with Gasteiger partial charge in [0.2, 0.25) is 12.0 Å². The molecule has 0 aliphatic carbocycles. The number of nitrogens with zero attached hydrogens (tertiary/aromatic N) is 1. The SMILES string of the molecule is CC(C)NC(=O)CCNC(=O)C1CC(c2cccc(F)c2)=NO1. The second-order valence-corrected chi connectivity index (χ2v) is 5.61. The zero-order chi connectivity index (χ0) is 16.8. The number of hydrogen-bond donors (Lipinski definition) is 2. The molecule has 0 bridgehead atoms. The summed E-state index contributed by atoms with van der Waals surface area (Å²) in [5, 5.41) is 9.22. The first-order valence-corrected chi connectivity index (χ1v) is 7.51. The van der Waals surface area contributed by atoms with E-state index in [1.54, 1.807) is 12.1 Å². The average molecular weight is 321 g/mol. The molecule has 7 heteroatoms. The molecule has 1 aliphatic rings. The molecule has 0 radical (unpaired) electrons. The Hall–Kier alpha value is -2.44. The number of carbonyl (C=O) groups excluding carboxylic acids is 2. The molecule has 0 fully saturated rings. The van der Waals surface area contributed by atoms with Crippen molar-refractivity contribution in [2.45, 2.75) is 38.8 Å². The Labute approximate surface area is 134 Å². The third-order valence-corrected chi connectivity index (χ3v) is 3.22. The van der Waals surface area contributed by atoms with Gasteiger partial charge in [-0.05, 0) is 26.0 Å². The Balaban J connectivity index is 1.77. The number of halogens is 1. The predicted molar refractivity (Wildman–Crippen MR) is 83.3 cm³/mol. The smallest absolute Gasteiger partial charge is 0.264 e.